The van der Waals surface area contributed by atoms with E-state index in [0.717, 1.165) is 17.7 Å². The van der Waals surface area contributed by atoms with E-state index in [2.05, 4.69) is 10.6 Å². The second-order valence-corrected chi connectivity index (χ2v) is 6.14. The van der Waals surface area contributed by atoms with Gasteiger partial charge in [0.1, 0.15) is 12.1 Å². The zero-order chi connectivity index (χ0) is 14.3. The van der Waals surface area contributed by atoms with Crippen molar-refractivity contribution in [1.82, 2.24) is 10.2 Å². The maximum absolute atomic E-state index is 12.3. The number of thiophene rings is 1. The van der Waals surface area contributed by atoms with Gasteiger partial charge in [0.2, 0.25) is 5.91 Å². The van der Waals surface area contributed by atoms with Gasteiger partial charge in [0.25, 0.3) is 5.91 Å². The van der Waals surface area contributed by atoms with Gasteiger partial charge >= 0.3 is 6.03 Å². The minimum Gasteiger partial charge on any atom is -0.324 e. The molecule has 1 aromatic heterocycles. The molecule has 1 saturated heterocycles. The first-order chi connectivity index (χ1) is 9.50. The second kappa shape index (κ2) is 4.59. The van der Waals surface area contributed by atoms with Crippen molar-refractivity contribution >= 4 is 34.9 Å². The first kappa shape index (κ1) is 13.1. The molecule has 0 bridgehead atoms. The monoisotopic (exact) mass is 293 g/mol. The Balaban J connectivity index is 1.66. The second-order valence-electron chi connectivity index (χ2n) is 5.36. The SMILES string of the molecule is C[C@]1(C2CC2)NC(=O)N(CC(=O)Nc2ccsc2)C1=O. The fourth-order valence-corrected chi connectivity index (χ4v) is 3.06. The van der Waals surface area contributed by atoms with Crippen LogP contribution >= 0.6 is 11.3 Å². The Morgan fingerprint density at radius 2 is 2.30 bits per heavy atom. The number of nitrogens with one attached hydrogen (secondary N) is 2. The van der Waals surface area contributed by atoms with Gasteiger partial charge in [-0.05, 0) is 37.1 Å². The van der Waals surface area contributed by atoms with Gasteiger partial charge in [-0.25, -0.2) is 4.79 Å². The van der Waals surface area contributed by atoms with Gasteiger partial charge in [-0.3, -0.25) is 14.5 Å². The minimum atomic E-state index is -0.834. The van der Waals surface area contributed by atoms with E-state index in [-0.39, 0.29) is 24.3 Å². The average Bonchev–Trinajstić information content (AvgIpc) is 3.10. The number of nitrogens with zero attached hydrogens (tertiary/aromatic N) is 1. The number of carbonyl (C=O) groups is 3. The number of rotatable bonds is 4. The highest BCUT2D eigenvalue weighted by Gasteiger charge is 2.56. The normalized spacial score (nSPS) is 25.8. The molecule has 1 aliphatic heterocycles. The highest BCUT2D eigenvalue weighted by molar-refractivity contribution is 7.08. The molecule has 1 aromatic rings. The first-order valence-electron chi connectivity index (χ1n) is 6.47. The fourth-order valence-electron chi connectivity index (χ4n) is 2.48. The largest absolute Gasteiger partial charge is 0.325 e. The van der Waals surface area contributed by atoms with E-state index in [9.17, 15) is 14.4 Å². The molecule has 0 unspecified atom stereocenters. The zero-order valence-corrected chi connectivity index (χ0v) is 11.8. The standard InChI is InChI=1S/C13H15N3O3S/c1-13(8-2-3-8)11(18)16(12(19)15-13)6-10(17)14-9-4-5-20-7-9/h4-5,7-8H,2-3,6H2,1H3,(H,14,17)(H,15,19)/t13-/m1/s1. The van der Waals surface area contributed by atoms with Crippen LogP contribution in [0.3, 0.4) is 0 Å². The van der Waals surface area contributed by atoms with Crippen LogP contribution in [0.1, 0.15) is 19.8 Å². The highest BCUT2D eigenvalue weighted by atomic mass is 32.1. The van der Waals surface area contributed by atoms with Crippen molar-refractivity contribution in [2.45, 2.75) is 25.3 Å². The topological polar surface area (TPSA) is 78.5 Å². The Morgan fingerprint density at radius 3 is 2.90 bits per heavy atom. The quantitative estimate of drug-likeness (QED) is 0.824. The third-order valence-electron chi connectivity index (χ3n) is 3.80. The van der Waals surface area contributed by atoms with Gasteiger partial charge < -0.3 is 10.6 Å². The number of anilines is 1. The van der Waals surface area contributed by atoms with Gasteiger partial charge in [0.05, 0.1) is 5.69 Å². The van der Waals surface area contributed by atoms with Crippen molar-refractivity contribution in [3.05, 3.63) is 16.8 Å². The van der Waals surface area contributed by atoms with Gasteiger partial charge in [0, 0.05) is 5.38 Å². The molecule has 2 N–H and O–H groups in total. The van der Waals surface area contributed by atoms with Crippen LogP contribution in [0.25, 0.3) is 0 Å². The van der Waals surface area contributed by atoms with Crippen LogP contribution in [0.2, 0.25) is 0 Å². The molecule has 20 heavy (non-hydrogen) atoms. The molecule has 2 heterocycles. The lowest BCUT2D eigenvalue weighted by Gasteiger charge is -2.20. The molecular weight excluding hydrogens is 278 g/mol. The summed E-state index contributed by atoms with van der Waals surface area (Å²) in [7, 11) is 0. The number of hydrogen-bond acceptors (Lipinski definition) is 4. The molecule has 0 aromatic carbocycles. The van der Waals surface area contributed by atoms with Crippen LogP contribution in [-0.2, 0) is 9.59 Å². The molecule has 7 heteroatoms. The lowest BCUT2D eigenvalue weighted by atomic mass is 9.96. The van der Waals surface area contributed by atoms with Gasteiger partial charge in [-0.15, -0.1) is 0 Å². The summed E-state index contributed by atoms with van der Waals surface area (Å²) in [5, 5.41) is 9.01. The number of hydrogen-bond donors (Lipinski definition) is 2. The van der Waals surface area contributed by atoms with Crippen LogP contribution in [0, 0.1) is 5.92 Å². The number of imide groups is 1. The minimum absolute atomic E-state index is 0.198. The fraction of sp³-hybridized carbons (Fsp3) is 0.462. The maximum Gasteiger partial charge on any atom is 0.325 e. The Morgan fingerprint density at radius 1 is 1.55 bits per heavy atom. The number of urea groups is 1. The van der Waals surface area contributed by atoms with Crippen LogP contribution in [0.5, 0.6) is 0 Å². The van der Waals surface area contributed by atoms with Crippen molar-refractivity contribution in [3.63, 3.8) is 0 Å². The van der Waals surface area contributed by atoms with Crippen molar-refractivity contribution in [2.24, 2.45) is 5.92 Å². The van der Waals surface area contributed by atoms with Crippen LogP contribution in [0.4, 0.5) is 10.5 Å². The molecule has 3 rings (SSSR count). The van der Waals surface area contributed by atoms with Crippen LogP contribution < -0.4 is 10.6 Å². The summed E-state index contributed by atoms with van der Waals surface area (Å²) in [6.45, 7) is 1.49. The third kappa shape index (κ3) is 2.18. The van der Waals surface area contributed by atoms with Crippen LogP contribution in [-0.4, -0.2) is 34.8 Å². The summed E-state index contributed by atoms with van der Waals surface area (Å²) in [5.74, 6) is -0.471. The summed E-state index contributed by atoms with van der Waals surface area (Å²) in [6.07, 6.45) is 1.88. The van der Waals surface area contributed by atoms with Crippen molar-refractivity contribution < 1.29 is 14.4 Å². The van der Waals surface area contributed by atoms with E-state index in [1.54, 1.807) is 18.4 Å². The van der Waals surface area contributed by atoms with Crippen molar-refractivity contribution in [3.8, 4) is 0 Å². The van der Waals surface area contributed by atoms with Gasteiger partial charge in [-0.1, -0.05) is 0 Å². The predicted octanol–water partition coefficient (Wildman–Crippen LogP) is 1.41. The molecule has 4 amide bonds. The number of amides is 4. The average molecular weight is 293 g/mol. The van der Waals surface area contributed by atoms with Gasteiger partial charge in [0.15, 0.2) is 0 Å². The van der Waals surface area contributed by atoms with E-state index in [4.69, 9.17) is 0 Å². The third-order valence-corrected chi connectivity index (χ3v) is 4.48. The molecule has 0 spiro atoms. The van der Waals surface area contributed by atoms with Gasteiger partial charge in [-0.2, -0.15) is 11.3 Å². The van der Waals surface area contributed by atoms with E-state index in [1.165, 1.54) is 11.3 Å². The summed E-state index contributed by atoms with van der Waals surface area (Å²) in [5.41, 5.74) is -0.156. The Bertz CT molecular complexity index is 567. The smallest absolute Gasteiger partial charge is 0.324 e. The first-order valence-corrected chi connectivity index (χ1v) is 7.41. The molecule has 1 saturated carbocycles. The van der Waals surface area contributed by atoms with E-state index < -0.39 is 11.6 Å². The maximum atomic E-state index is 12.3. The molecule has 2 fully saturated rings. The molecular formula is C13H15N3O3S. The summed E-state index contributed by atoms with van der Waals surface area (Å²) in [4.78, 5) is 37.1. The van der Waals surface area contributed by atoms with E-state index in [0.29, 0.717) is 5.69 Å². The lowest BCUT2D eigenvalue weighted by Crippen LogP contribution is -2.46. The zero-order valence-electron chi connectivity index (χ0n) is 11.0. The van der Waals surface area contributed by atoms with Crippen molar-refractivity contribution in [1.29, 1.82) is 0 Å². The van der Waals surface area contributed by atoms with E-state index >= 15 is 0 Å². The summed E-state index contributed by atoms with van der Waals surface area (Å²) in [6, 6.07) is 1.29. The Hall–Kier alpha value is -1.89. The Kier molecular flexibility index (Phi) is 3.01. The molecule has 6 nitrogen and oxygen atoms in total. The summed E-state index contributed by atoms with van der Waals surface area (Å²) < 4.78 is 0. The number of carbonyl (C=O) groups excluding carboxylic acids is 3. The van der Waals surface area contributed by atoms with Crippen molar-refractivity contribution in [2.75, 3.05) is 11.9 Å². The molecule has 1 aliphatic carbocycles. The molecule has 0 radical (unpaired) electrons. The molecule has 1 atom stereocenters. The molecule has 2 aliphatic rings. The van der Waals surface area contributed by atoms with E-state index in [1.807, 2.05) is 5.38 Å². The summed E-state index contributed by atoms with van der Waals surface area (Å²) >= 11 is 1.46. The predicted molar refractivity (Wildman–Crippen MR) is 74.3 cm³/mol. The Labute approximate surface area is 120 Å². The van der Waals surface area contributed by atoms with Crippen LogP contribution in [0.15, 0.2) is 16.8 Å². The molecule has 106 valence electrons. The lowest BCUT2D eigenvalue weighted by molar-refractivity contribution is -0.134. The highest BCUT2D eigenvalue weighted by Crippen LogP contribution is 2.42.